The standard InChI is InChI=1S/C27H26N6O6S/c34-14-20(25(37)33-23-13-28-16-40-23)30-22(35)12-29-24(36)19(11-17-7-3-1-4-8-17)31-26(38)21-15-39-27(32-21)18-9-5-2-6-10-18/h1-10,13,15-16,19-20,34H,11-12,14H2,(H,29,36)(H,30,35)(H,31,38)(H,33,37)/t19-,20-/m0/s1. The molecule has 2 atom stereocenters. The van der Waals surface area contributed by atoms with Crippen LogP contribution in [0, 0.1) is 0 Å². The van der Waals surface area contributed by atoms with E-state index in [2.05, 4.69) is 31.2 Å². The average Bonchev–Trinajstić information content (AvgIpc) is 3.68. The number of benzene rings is 2. The van der Waals surface area contributed by atoms with Gasteiger partial charge in [0.2, 0.25) is 23.6 Å². The van der Waals surface area contributed by atoms with Gasteiger partial charge in [0, 0.05) is 12.0 Å². The fraction of sp³-hybridized carbons (Fsp3) is 0.185. The number of rotatable bonds is 12. The highest BCUT2D eigenvalue weighted by Crippen LogP contribution is 2.18. The minimum Gasteiger partial charge on any atom is -0.444 e. The Balaban J connectivity index is 1.37. The third kappa shape index (κ3) is 7.82. The Morgan fingerprint density at radius 1 is 0.925 bits per heavy atom. The molecule has 0 fully saturated rings. The summed E-state index contributed by atoms with van der Waals surface area (Å²) in [7, 11) is 0. The lowest BCUT2D eigenvalue weighted by molar-refractivity contribution is -0.129. The number of nitrogens with one attached hydrogen (secondary N) is 4. The number of thiazole rings is 1. The van der Waals surface area contributed by atoms with Gasteiger partial charge in [-0.3, -0.25) is 24.2 Å². The second-order valence-corrected chi connectivity index (χ2v) is 9.38. The first-order valence-electron chi connectivity index (χ1n) is 12.2. The van der Waals surface area contributed by atoms with E-state index in [0.29, 0.717) is 10.6 Å². The highest BCUT2D eigenvalue weighted by atomic mass is 32.1. The van der Waals surface area contributed by atoms with Crippen molar-refractivity contribution in [2.75, 3.05) is 18.5 Å². The molecule has 4 aromatic rings. The van der Waals surface area contributed by atoms with E-state index >= 15 is 0 Å². The van der Waals surface area contributed by atoms with Crippen LogP contribution >= 0.6 is 11.3 Å². The van der Waals surface area contributed by atoms with Gasteiger partial charge in [0.15, 0.2) is 5.69 Å². The van der Waals surface area contributed by atoms with Crippen LogP contribution < -0.4 is 21.3 Å². The molecule has 13 heteroatoms. The highest BCUT2D eigenvalue weighted by Gasteiger charge is 2.25. The van der Waals surface area contributed by atoms with Crippen molar-refractivity contribution in [1.82, 2.24) is 25.9 Å². The van der Waals surface area contributed by atoms with Gasteiger partial charge < -0.3 is 30.8 Å². The Morgan fingerprint density at radius 3 is 2.33 bits per heavy atom. The van der Waals surface area contributed by atoms with Crippen LogP contribution in [0.25, 0.3) is 11.5 Å². The first-order chi connectivity index (χ1) is 19.4. The summed E-state index contributed by atoms with van der Waals surface area (Å²) in [5, 5.41) is 20.0. The van der Waals surface area contributed by atoms with Gasteiger partial charge in [0.1, 0.15) is 23.3 Å². The maximum Gasteiger partial charge on any atom is 0.273 e. The zero-order valence-electron chi connectivity index (χ0n) is 21.1. The van der Waals surface area contributed by atoms with Crippen LogP contribution in [0.2, 0.25) is 0 Å². The number of carbonyl (C=O) groups is 4. The predicted octanol–water partition coefficient (Wildman–Crippen LogP) is 1.37. The molecule has 2 aromatic carbocycles. The number of aromatic nitrogens is 2. The van der Waals surface area contributed by atoms with Crippen molar-refractivity contribution < 1.29 is 28.7 Å². The largest absolute Gasteiger partial charge is 0.444 e. The number of aliphatic hydroxyl groups excluding tert-OH is 1. The van der Waals surface area contributed by atoms with Gasteiger partial charge >= 0.3 is 0 Å². The Labute approximate surface area is 232 Å². The summed E-state index contributed by atoms with van der Waals surface area (Å²) < 4.78 is 5.43. The molecule has 2 heterocycles. The zero-order chi connectivity index (χ0) is 28.3. The molecular formula is C27H26N6O6S. The van der Waals surface area contributed by atoms with Gasteiger partial charge in [-0.1, -0.05) is 48.5 Å². The topological polar surface area (TPSA) is 176 Å². The second kappa shape index (κ2) is 13.8. The van der Waals surface area contributed by atoms with Crippen LogP contribution in [0.4, 0.5) is 5.00 Å². The third-order valence-corrected chi connectivity index (χ3v) is 6.29. The lowest BCUT2D eigenvalue weighted by Crippen LogP contribution is -2.52. The average molecular weight is 563 g/mol. The van der Waals surface area contributed by atoms with Crippen LogP contribution in [0.15, 0.2) is 83.1 Å². The normalized spacial score (nSPS) is 12.1. The molecule has 4 rings (SSSR count). The minimum absolute atomic E-state index is 0.0137. The van der Waals surface area contributed by atoms with Crippen LogP contribution in [0.5, 0.6) is 0 Å². The number of amides is 4. The summed E-state index contributed by atoms with van der Waals surface area (Å²) in [6.45, 7) is -1.15. The summed E-state index contributed by atoms with van der Waals surface area (Å²) in [6, 6.07) is 15.8. The molecule has 5 N–H and O–H groups in total. The van der Waals surface area contributed by atoms with E-state index in [1.807, 2.05) is 24.3 Å². The molecule has 0 unspecified atom stereocenters. The number of carbonyl (C=O) groups excluding carboxylic acids is 4. The molecule has 2 aromatic heterocycles. The minimum atomic E-state index is -1.24. The van der Waals surface area contributed by atoms with E-state index in [9.17, 15) is 24.3 Å². The monoisotopic (exact) mass is 562 g/mol. The Hall–Kier alpha value is -4.88. The van der Waals surface area contributed by atoms with Gasteiger partial charge in [0.05, 0.1) is 24.9 Å². The van der Waals surface area contributed by atoms with E-state index in [0.717, 1.165) is 5.56 Å². The van der Waals surface area contributed by atoms with Crippen molar-refractivity contribution in [1.29, 1.82) is 0 Å². The van der Waals surface area contributed by atoms with Crippen LogP contribution in [0.3, 0.4) is 0 Å². The van der Waals surface area contributed by atoms with Crippen LogP contribution in [-0.4, -0.2) is 63.9 Å². The van der Waals surface area contributed by atoms with Crippen molar-refractivity contribution in [2.45, 2.75) is 18.5 Å². The van der Waals surface area contributed by atoms with Gasteiger partial charge in [0.25, 0.3) is 5.91 Å². The maximum atomic E-state index is 13.1. The zero-order valence-corrected chi connectivity index (χ0v) is 21.9. The van der Waals surface area contributed by atoms with Crippen molar-refractivity contribution in [3.63, 3.8) is 0 Å². The summed E-state index contributed by atoms with van der Waals surface area (Å²) in [6.07, 6.45) is 2.77. The molecule has 4 amide bonds. The summed E-state index contributed by atoms with van der Waals surface area (Å²) in [4.78, 5) is 58.8. The third-order valence-electron chi connectivity index (χ3n) is 5.60. The number of hydrogen-bond acceptors (Lipinski definition) is 9. The van der Waals surface area contributed by atoms with E-state index in [1.54, 1.807) is 36.4 Å². The molecule has 0 aliphatic heterocycles. The SMILES string of the molecule is O=C(CNC(=O)[C@H](Cc1ccccc1)NC(=O)c1coc(-c2ccccc2)n1)N[C@@H](CO)C(=O)Nc1cncs1. The van der Waals surface area contributed by atoms with Crippen LogP contribution in [0.1, 0.15) is 16.1 Å². The molecule has 40 heavy (non-hydrogen) atoms. The molecule has 206 valence electrons. The van der Waals surface area contributed by atoms with Crippen molar-refractivity contribution >= 4 is 40.0 Å². The van der Waals surface area contributed by atoms with Crippen molar-refractivity contribution in [2.24, 2.45) is 0 Å². The molecule has 0 saturated heterocycles. The number of nitrogens with zero attached hydrogens (tertiary/aromatic N) is 2. The Bertz CT molecular complexity index is 1430. The fourth-order valence-corrected chi connectivity index (χ4v) is 4.12. The van der Waals surface area contributed by atoms with Crippen molar-refractivity contribution in [3.8, 4) is 11.5 Å². The van der Waals surface area contributed by atoms with Crippen LogP contribution in [-0.2, 0) is 20.8 Å². The van der Waals surface area contributed by atoms with Gasteiger partial charge in [-0.2, -0.15) is 0 Å². The van der Waals surface area contributed by atoms with E-state index in [4.69, 9.17) is 4.42 Å². The Kier molecular flexibility index (Phi) is 9.69. The first kappa shape index (κ1) is 28.1. The van der Waals surface area contributed by atoms with E-state index < -0.39 is 48.9 Å². The molecule has 0 bridgehead atoms. The molecule has 0 aliphatic carbocycles. The molecule has 0 radical (unpaired) electrons. The quantitative estimate of drug-likeness (QED) is 0.172. The fourth-order valence-electron chi connectivity index (χ4n) is 3.60. The molecular weight excluding hydrogens is 536 g/mol. The molecule has 0 spiro atoms. The van der Waals surface area contributed by atoms with Gasteiger partial charge in [-0.25, -0.2) is 4.98 Å². The number of hydrogen-bond donors (Lipinski definition) is 5. The molecule has 0 saturated carbocycles. The lowest BCUT2D eigenvalue weighted by atomic mass is 10.0. The number of oxazole rings is 1. The smallest absolute Gasteiger partial charge is 0.273 e. The summed E-state index contributed by atoms with van der Waals surface area (Å²) in [5.74, 6) is -2.35. The first-order valence-corrected chi connectivity index (χ1v) is 13.0. The lowest BCUT2D eigenvalue weighted by Gasteiger charge is -2.19. The number of anilines is 1. The van der Waals surface area contributed by atoms with Gasteiger partial charge in [-0.15, -0.1) is 11.3 Å². The molecule has 12 nitrogen and oxygen atoms in total. The Morgan fingerprint density at radius 2 is 1.65 bits per heavy atom. The van der Waals surface area contributed by atoms with Crippen molar-refractivity contribution in [3.05, 3.63) is 89.9 Å². The number of aliphatic hydroxyl groups is 1. The highest BCUT2D eigenvalue weighted by molar-refractivity contribution is 7.14. The van der Waals surface area contributed by atoms with E-state index in [-0.39, 0.29) is 18.0 Å². The summed E-state index contributed by atoms with van der Waals surface area (Å²) in [5.41, 5.74) is 2.97. The maximum absolute atomic E-state index is 13.1. The second-order valence-electron chi connectivity index (χ2n) is 8.50. The predicted molar refractivity (Wildman–Crippen MR) is 146 cm³/mol. The van der Waals surface area contributed by atoms with Gasteiger partial charge in [-0.05, 0) is 17.7 Å². The van der Waals surface area contributed by atoms with E-state index in [1.165, 1.54) is 29.3 Å². The molecule has 0 aliphatic rings. The summed E-state index contributed by atoms with van der Waals surface area (Å²) >= 11 is 1.18.